The standard InChI is InChI=1S/C29H33Cl2N3O5S/c1-4-25(29(36)32-5-2)33(19-21-11-13-22(30)14-12-21)28(35)20-34(26-9-7-8-10-27(26)39-6-3)40(37,38)24-17-15-23(31)16-18-24/h7-18,25H,4-6,19-20H2,1-3H3,(H,32,36). The smallest absolute Gasteiger partial charge is 0.264 e. The van der Waals surface area contributed by atoms with Crippen molar-refractivity contribution in [1.82, 2.24) is 10.2 Å². The van der Waals surface area contributed by atoms with Gasteiger partial charge in [-0.2, -0.15) is 0 Å². The van der Waals surface area contributed by atoms with Gasteiger partial charge in [0.2, 0.25) is 11.8 Å². The first-order valence-electron chi connectivity index (χ1n) is 12.9. The van der Waals surface area contributed by atoms with E-state index in [9.17, 15) is 18.0 Å². The second kappa shape index (κ2) is 14.4. The van der Waals surface area contributed by atoms with Gasteiger partial charge in [0.1, 0.15) is 18.3 Å². The Hall–Kier alpha value is -3.27. The molecular formula is C29H33Cl2N3O5S. The molecular weight excluding hydrogens is 573 g/mol. The molecule has 8 nitrogen and oxygen atoms in total. The fourth-order valence-corrected chi connectivity index (χ4v) is 5.86. The topological polar surface area (TPSA) is 96.0 Å². The molecule has 0 bridgehead atoms. The molecule has 0 saturated carbocycles. The summed E-state index contributed by atoms with van der Waals surface area (Å²) in [7, 11) is -4.25. The van der Waals surface area contributed by atoms with Crippen molar-refractivity contribution in [2.45, 2.75) is 44.7 Å². The largest absolute Gasteiger partial charge is 0.492 e. The molecule has 0 saturated heterocycles. The molecule has 3 rings (SSSR count). The first-order chi connectivity index (χ1) is 19.1. The van der Waals surface area contributed by atoms with E-state index in [1.807, 2.05) is 0 Å². The van der Waals surface area contributed by atoms with Crippen LogP contribution < -0.4 is 14.4 Å². The van der Waals surface area contributed by atoms with Crippen molar-refractivity contribution in [3.63, 3.8) is 0 Å². The molecule has 214 valence electrons. The van der Waals surface area contributed by atoms with Crippen LogP contribution in [0.25, 0.3) is 0 Å². The molecule has 3 aromatic carbocycles. The van der Waals surface area contributed by atoms with Gasteiger partial charge in [-0.25, -0.2) is 8.42 Å². The lowest BCUT2D eigenvalue weighted by atomic mass is 10.1. The molecule has 1 unspecified atom stereocenters. The second-order valence-corrected chi connectivity index (χ2v) is 11.6. The molecule has 0 heterocycles. The molecule has 0 spiro atoms. The molecule has 0 aliphatic carbocycles. The molecule has 0 aromatic heterocycles. The van der Waals surface area contributed by atoms with Crippen LogP contribution in [-0.4, -0.2) is 50.9 Å². The summed E-state index contributed by atoms with van der Waals surface area (Å²) in [4.78, 5) is 28.4. The van der Waals surface area contributed by atoms with Crippen LogP contribution in [0.4, 0.5) is 5.69 Å². The Morgan fingerprint density at radius 1 is 0.900 bits per heavy atom. The van der Waals surface area contributed by atoms with Crippen LogP contribution in [0.1, 0.15) is 32.8 Å². The van der Waals surface area contributed by atoms with Gasteiger partial charge >= 0.3 is 0 Å². The maximum absolute atomic E-state index is 14.1. The lowest BCUT2D eigenvalue weighted by Crippen LogP contribution is -2.52. The first-order valence-corrected chi connectivity index (χ1v) is 15.1. The number of halogens is 2. The van der Waals surface area contributed by atoms with Crippen LogP contribution >= 0.6 is 23.2 Å². The van der Waals surface area contributed by atoms with E-state index in [1.165, 1.54) is 29.2 Å². The Balaban J connectivity index is 2.10. The number of para-hydroxylation sites is 2. The average molecular weight is 607 g/mol. The number of nitrogens with one attached hydrogen (secondary N) is 1. The second-order valence-electron chi connectivity index (χ2n) is 8.83. The van der Waals surface area contributed by atoms with Gasteiger partial charge in [-0.1, -0.05) is 54.4 Å². The lowest BCUT2D eigenvalue weighted by Gasteiger charge is -2.33. The molecule has 3 aromatic rings. The molecule has 0 fully saturated rings. The average Bonchev–Trinajstić information content (AvgIpc) is 2.93. The molecule has 11 heteroatoms. The lowest BCUT2D eigenvalue weighted by molar-refractivity contribution is -0.140. The van der Waals surface area contributed by atoms with Crippen molar-refractivity contribution in [3.8, 4) is 5.75 Å². The summed E-state index contributed by atoms with van der Waals surface area (Å²) in [5, 5.41) is 3.69. The molecule has 2 amide bonds. The van der Waals surface area contributed by atoms with Crippen LogP contribution in [0.5, 0.6) is 5.75 Å². The van der Waals surface area contributed by atoms with E-state index in [0.717, 1.165) is 9.87 Å². The van der Waals surface area contributed by atoms with E-state index in [2.05, 4.69) is 5.32 Å². The number of ether oxygens (including phenoxy) is 1. The van der Waals surface area contributed by atoms with Crippen molar-refractivity contribution in [3.05, 3.63) is 88.4 Å². The number of hydrogen-bond donors (Lipinski definition) is 1. The first kappa shape index (κ1) is 31.3. The van der Waals surface area contributed by atoms with Gasteiger partial charge in [0.15, 0.2) is 0 Å². The van der Waals surface area contributed by atoms with Gasteiger partial charge in [-0.3, -0.25) is 13.9 Å². The van der Waals surface area contributed by atoms with Gasteiger partial charge in [-0.15, -0.1) is 0 Å². The predicted molar refractivity (Wildman–Crippen MR) is 158 cm³/mol. The summed E-state index contributed by atoms with van der Waals surface area (Å²) in [6.45, 7) is 5.56. The minimum Gasteiger partial charge on any atom is -0.492 e. The zero-order chi connectivity index (χ0) is 29.3. The number of sulfonamides is 1. The summed E-state index contributed by atoms with van der Waals surface area (Å²) in [5.41, 5.74) is 0.937. The van der Waals surface area contributed by atoms with Gasteiger partial charge in [0.05, 0.1) is 17.2 Å². The van der Waals surface area contributed by atoms with Crippen LogP contribution in [-0.2, 0) is 26.2 Å². The number of amides is 2. The van der Waals surface area contributed by atoms with E-state index in [0.29, 0.717) is 28.8 Å². The Kier molecular flexibility index (Phi) is 11.2. The number of carbonyl (C=O) groups excluding carboxylic acids is 2. The van der Waals surface area contributed by atoms with Gasteiger partial charge in [0, 0.05) is 23.1 Å². The summed E-state index contributed by atoms with van der Waals surface area (Å²) >= 11 is 12.1. The number of rotatable bonds is 13. The fraction of sp³-hybridized carbons (Fsp3) is 0.310. The third-order valence-electron chi connectivity index (χ3n) is 6.12. The number of anilines is 1. The number of carbonyl (C=O) groups is 2. The van der Waals surface area contributed by atoms with E-state index < -0.39 is 28.5 Å². The van der Waals surface area contributed by atoms with E-state index in [1.54, 1.807) is 69.3 Å². The fourth-order valence-electron chi connectivity index (χ4n) is 4.19. The summed E-state index contributed by atoms with van der Waals surface area (Å²) in [5.74, 6) is -0.582. The van der Waals surface area contributed by atoms with Gasteiger partial charge in [0.25, 0.3) is 10.0 Å². The number of nitrogens with zero attached hydrogens (tertiary/aromatic N) is 2. The number of benzene rings is 3. The quantitative estimate of drug-likeness (QED) is 0.276. The molecule has 1 N–H and O–H groups in total. The van der Waals surface area contributed by atoms with Gasteiger partial charge in [-0.05, 0) is 74.4 Å². The van der Waals surface area contributed by atoms with Crippen LogP contribution in [0.3, 0.4) is 0 Å². The molecule has 0 aliphatic heterocycles. The monoisotopic (exact) mass is 605 g/mol. The Bertz CT molecular complexity index is 1400. The minimum atomic E-state index is -4.25. The Morgan fingerprint density at radius 3 is 2.08 bits per heavy atom. The maximum atomic E-state index is 14.1. The van der Waals surface area contributed by atoms with Crippen molar-refractivity contribution in [2.75, 3.05) is 24.0 Å². The Morgan fingerprint density at radius 2 is 1.50 bits per heavy atom. The molecule has 0 radical (unpaired) electrons. The molecule has 40 heavy (non-hydrogen) atoms. The van der Waals surface area contributed by atoms with Crippen molar-refractivity contribution in [1.29, 1.82) is 0 Å². The maximum Gasteiger partial charge on any atom is 0.264 e. The van der Waals surface area contributed by atoms with Gasteiger partial charge < -0.3 is 15.0 Å². The van der Waals surface area contributed by atoms with Crippen molar-refractivity contribution in [2.24, 2.45) is 0 Å². The highest BCUT2D eigenvalue weighted by atomic mass is 35.5. The van der Waals surface area contributed by atoms with Crippen molar-refractivity contribution < 1.29 is 22.7 Å². The highest BCUT2D eigenvalue weighted by Gasteiger charge is 2.34. The number of hydrogen-bond acceptors (Lipinski definition) is 5. The van der Waals surface area contributed by atoms with Crippen LogP contribution in [0.15, 0.2) is 77.7 Å². The summed E-state index contributed by atoms with van der Waals surface area (Å²) in [6.07, 6.45) is 0.324. The van der Waals surface area contributed by atoms with Crippen molar-refractivity contribution >= 4 is 50.7 Å². The van der Waals surface area contributed by atoms with E-state index in [-0.39, 0.29) is 29.6 Å². The zero-order valence-electron chi connectivity index (χ0n) is 22.6. The highest BCUT2D eigenvalue weighted by Crippen LogP contribution is 2.33. The predicted octanol–water partition coefficient (Wildman–Crippen LogP) is 5.53. The number of likely N-dealkylation sites (N-methyl/N-ethyl adjacent to an activating group) is 1. The minimum absolute atomic E-state index is 0.0454. The summed E-state index contributed by atoms with van der Waals surface area (Å²) < 4.78 is 34.7. The van der Waals surface area contributed by atoms with E-state index >= 15 is 0 Å². The third-order valence-corrected chi connectivity index (χ3v) is 8.40. The molecule has 1 atom stereocenters. The van der Waals surface area contributed by atoms with Crippen LogP contribution in [0.2, 0.25) is 10.0 Å². The SMILES string of the molecule is CCNC(=O)C(CC)N(Cc1ccc(Cl)cc1)C(=O)CN(c1ccccc1OCC)S(=O)(=O)c1ccc(Cl)cc1. The zero-order valence-corrected chi connectivity index (χ0v) is 25.0. The Labute approximate surface area is 245 Å². The summed E-state index contributed by atoms with van der Waals surface area (Å²) in [6, 6.07) is 18.4. The van der Waals surface area contributed by atoms with Crippen LogP contribution in [0, 0.1) is 0 Å². The normalized spacial score (nSPS) is 11.9. The van der Waals surface area contributed by atoms with E-state index in [4.69, 9.17) is 27.9 Å². The molecule has 0 aliphatic rings. The third kappa shape index (κ3) is 7.68. The highest BCUT2D eigenvalue weighted by molar-refractivity contribution is 7.92.